The molecule has 1 atom stereocenters. The van der Waals surface area contributed by atoms with Gasteiger partial charge in [-0.3, -0.25) is 0 Å². The molecular weight excluding hydrogens is 286 g/mol. The maximum absolute atomic E-state index is 5.94. The molecule has 2 aromatic rings. The Hall–Kier alpha value is -1.26. The van der Waals surface area contributed by atoms with Gasteiger partial charge in [0.15, 0.2) is 0 Å². The van der Waals surface area contributed by atoms with Crippen LogP contribution in [0, 0.1) is 0 Å². The summed E-state index contributed by atoms with van der Waals surface area (Å²) >= 11 is 5.94. The Morgan fingerprint density at radius 2 is 2.14 bits per heavy atom. The van der Waals surface area contributed by atoms with E-state index in [0.717, 1.165) is 35.6 Å². The van der Waals surface area contributed by atoms with E-state index >= 15 is 0 Å². The molecule has 0 bridgehead atoms. The van der Waals surface area contributed by atoms with Crippen LogP contribution < -0.4 is 4.74 Å². The van der Waals surface area contributed by atoms with Gasteiger partial charge in [0.05, 0.1) is 12.1 Å². The van der Waals surface area contributed by atoms with E-state index in [1.54, 1.807) is 0 Å². The molecular formula is C16H24ClN3O. The van der Waals surface area contributed by atoms with Crippen molar-refractivity contribution in [1.82, 2.24) is 14.5 Å². The van der Waals surface area contributed by atoms with Crippen molar-refractivity contribution in [3.05, 3.63) is 24.0 Å². The van der Waals surface area contributed by atoms with Gasteiger partial charge in [-0.2, -0.15) is 0 Å². The van der Waals surface area contributed by atoms with E-state index in [1.807, 2.05) is 19.1 Å². The Morgan fingerprint density at radius 1 is 1.38 bits per heavy atom. The van der Waals surface area contributed by atoms with Crippen molar-refractivity contribution in [3.63, 3.8) is 0 Å². The number of ether oxygens (including phenoxy) is 1. The quantitative estimate of drug-likeness (QED) is 0.736. The van der Waals surface area contributed by atoms with Crippen molar-refractivity contribution >= 4 is 22.6 Å². The van der Waals surface area contributed by atoms with Gasteiger partial charge >= 0.3 is 0 Å². The van der Waals surface area contributed by atoms with Crippen molar-refractivity contribution in [3.8, 4) is 5.75 Å². The fraction of sp³-hybridized carbons (Fsp3) is 0.562. The summed E-state index contributed by atoms with van der Waals surface area (Å²) in [6, 6.07) is 6.52. The lowest BCUT2D eigenvalue weighted by Crippen LogP contribution is -2.29. The number of halogens is 1. The highest BCUT2D eigenvalue weighted by Crippen LogP contribution is 2.27. The largest absolute Gasteiger partial charge is 0.492 e. The third-order valence-electron chi connectivity index (χ3n) is 3.77. The zero-order valence-corrected chi connectivity index (χ0v) is 14.0. The van der Waals surface area contributed by atoms with E-state index in [1.165, 1.54) is 0 Å². The monoisotopic (exact) mass is 309 g/mol. The number of alkyl halides is 1. The van der Waals surface area contributed by atoms with Gasteiger partial charge in [-0.1, -0.05) is 6.07 Å². The molecule has 0 saturated heterocycles. The van der Waals surface area contributed by atoms with E-state index in [2.05, 4.69) is 36.6 Å². The lowest BCUT2D eigenvalue weighted by atomic mass is 10.2. The highest BCUT2D eigenvalue weighted by Gasteiger charge is 2.16. The Morgan fingerprint density at radius 3 is 2.76 bits per heavy atom. The van der Waals surface area contributed by atoms with Gasteiger partial charge in [-0.15, -0.1) is 11.6 Å². The number of nitrogens with zero attached hydrogens (tertiary/aromatic N) is 3. The van der Waals surface area contributed by atoms with Gasteiger partial charge in [-0.25, -0.2) is 4.98 Å². The molecule has 0 spiro atoms. The summed E-state index contributed by atoms with van der Waals surface area (Å²) in [4.78, 5) is 6.98. The third-order valence-corrected chi connectivity index (χ3v) is 3.96. The van der Waals surface area contributed by atoms with Crippen LogP contribution in [0.1, 0.15) is 19.7 Å². The fourth-order valence-electron chi connectivity index (χ4n) is 2.35. The molecule has 0 saturated carbocycles. The van der Waals surface area contributed by atoms with E-state index in [4.69, 9.17) is 21.3 Å². The van der Waals surface area contributed by atoms with E-state index < -0.39 is 0 Å². The van der Waals surface area contributed by atoms with Crippen molar-refractivity contribution in [2.45, 2.75) is 32.9 Å². The predicted octanol–water partition coefficient (Wildman–Crippen LogP) is 3.17. The number of aryl methyl sites for hydroxylation is 1. The summed E-state index contributed by atoms with van der Waals surface area (Å²) in [5.74, 6) is 2.45. The number of aromatic nitrogens is 2. The number of imidazole rings is 1. The molecule has 116 valence electrons. The van der Waals surface area contributed by atoms with Crippen LogP contribution in [0.4, 0.5) is 0 Å². The smallest absolute Gasteiger partial charge is 0.147 e. The van der Waals surface area contributed by atoms with Crippen LogP contribution in [0.2, 0.25) is 0 Å². The Kier molecular flexibility index (Phi) is 5.48. The van der Waals surface area contributed by atoms with Gasteiger partial charge in [-0.05, 0) is 40.1 Å². The third kappa shape index (κ3) is 3.50. The zero-order chi connectivity index (χ0) is 15.4. The molecule has 1 heterocycles. The lowest BCUT2D eigenvalue weighted by molar-refractivity contribution is 0.284. The van der Waals surface area contributed by atoms with Gasteiger partial charge in [0.25, 0.3) is 0 Å². The molecule has 21 heavy (non-hydrogen) atoms. The van der Waals surface area contributed by atoms with Crippen LogP contribution in [-0.2, 0) is 13.0 Å². The molecule has 1 unspecified atom stereocenters. The fourth-order valence-corrected chi connectivity index (χ4v) is 2.52. The summed E-state index contributed by atoms with van der Waals surface area (Å²) in [5.41, 5.74) is 2.06. The molecule has 0 aliphatic rings. The second kappa shape index (κ2) is 7.14. The number of hydrogen-bond acceptors (Lipinski definition) is 3. The van der Waals surface area contributed by atoms with E-state index in [-0.39, 0.29) is 0 Å². The van der Waals surface area contributed by atoms with Crippen LogP contribution in [0.15, 0.2) is 18.2 Å². The van der Waals surface area contributed by atoms with Crippen molar-refractivity contribution < 1.29 is 4.74 Å². The first-order valence-electron chi connectivity index (χ1n) is 7.41. The molecule has 0 N–H and O–H groups in total. The molecule has 0 aliphatic carbocycles. The molecule has 0 amide bonds. The first-order valence-corrected chi connectivity index (χ1v) is 7.95. The van der Waals surface area contributed by atoms with E-state index in [9.17, 15) is 0 Å². The Labute approximate surface area is 131 Å². The van der Waals surface area contributed by atoms with Crippen LogP contribution in [0.5, 0.6) is 5.75 Å². The predicted molar refractivity (Wildman–Crippen MR) is 88.5 cm³/mol. The standard InChI is InChI=1S/C16H24ClN3O/c1-5-21-14-8-6-7-13-16(14)18-15(9-10-17)20(13)11-12(2)19(3)4/h6-8,12H,5,9-11H2,1-4H3. The van der Waals surface area contributed by atoms with Crippen LogP contribution >= 0.6 is 11.6 Å². The van der Waals surface area contributed by atoms with Gasteiger partial charge in [0, 0.05) is 24.9 Å². The summed E-state index contributed by atoms with van der Waals surface area (Å²) < 4.78 is 7.97. The van der Waals surface area contributed by atoms with Crippen molar-refractivity contribution in [2.24, 2.45) is 0 Å². The van der Waals surface area contributed by atoms with Crippen LogP contribution in [-0.4, -0.2) is 47.1 Å². The Bertz CT molecular complexity index is 594. The van der Waals surface area contributed by atoms with Gasteiger partial charge in [0.1, 0.15) is 17.1 Å². The van der Waals surface area contributed by atoms with Crippen LogP contribution in [0.25, 0.3) is 11.0 Å². The molecule has 0 aliphatic heterocycles. The van der Waals surface area contributed by atoms with Gasteiger partial charge < -0.3 is 14.2 Å². The topological polar surface area (TPSA) is 30.3 Å². The number of para-hydroxylation sites is 1. The second-order valence-electron chi connectivity index (χ2n) is 5.45. The van der Waals surface area contributed by atoms with Gasteiger partial charge in [0.2, 0.25) is 0 Å². The second-order valence-corrected chi connectivity index (χ2v) is 5.83. The average molecular weight is 310 g/mol. The SMILES string of the molecule is CCOc1cccc2c1nc(CCCl)n2CC(C)N(C)C. The summed E-state index contributed by atoms with van der Waals surface area (Å²) in [6.45, 7) is 5.74. The highest BCUT2D eigenvalue weighted by molar-refractivity contribution is 6.17. The molecule has 1 aromatic carbocycles. The van der Waals surface area contributed by atoms with Crippen molar-refractivity contribution in [1.29, 1.82) is 0 Å². The Balaban J connectivity index is 2.49. The lowest BCUT2D eigenvalue weighted by Gasteiger charge is -2.21. The maximum atomic E-state index is 5.94. The number of fused-ring (bicyclic) bond motifs is 1. The minimum Gasteiger partial charge on any atom is -0.492 e. The molecule has 0 radical (unpaired) electrons. The van der Waals surface area contributed by atoms with E-state index in [0.29, 0.717) is 18.5 Å². The first-order chi connectivity index (χ1) is 10.1. The number of likely N-dealkylation sites (N-methyl/N-ethyl adjacent to an activating group) is 1. The molecule has 0 fully saturated rings. The molecule has 4 nitrogen and oxygen atoms in total. The number of rotatable bonds is 7. The number of hydrogen-bond donors (Lipinski definition) is 0. The zero-order valence-electron chi connectivity index (χ0n) is 13.3. The maximum Gasteiger partial charge on any atom is 0.147 e. The van der Waals surface area contributed by atoms with Crippen LogP contribution in [0.3, 0.4) is 0 Å². The highest BCUT2D eigenvalue weighted by atomic mass is 35.5. The minimum atomic E-state index is 0.423. The average Bonchev–Trinajstić information content (AvgIpc) is 2.79. The number of benzene rings is 1. The summed E-state index contributed by atoms with van der Waals surface area (Å²) in [6.07, 6.45) is 0.766. The molecule has 2 rings (SSSR count). The minimum absolute atomic E-state index is 0.423. The molecule has 5 heteroatoms. The van der Waals surface area contributed by atoms with Crippen molar-refractivity contribution in [2.75, 3.05) is 26.6 Å². The first kappa shape index (κ1) is 16.1. The summed E-state index contributed by atoms with van der Waals surface area (Å²) in [7, 11) is 4.19. The molecule has 1 aromatic heterocycles. The summed E-state index contributed by atoms with van der Waals surface area (Å²) in [5, 5.41) is 0. The normalized spacial score (nSPS) is 13.0.